The predicted molar refractivity (Wildman–Crippen MR) is 103 cm³/mol. The lowest BCUT2D eigenvalue weighted by molar-refractivity contribution is -0.0307. The van der Waals surface area contributed by atoms with Crippen LogP contribution < -0.4 is 0 Å². The molecule has 0 aliphatic heterocycles. The van der Waals surface area contributed by atoms with E-state index in [2.05, 4.69) is 43.2 Å². The first-order chi connectivity index (χ1) is 12.1. The van der Waals surface area contributed by atoms with Crippen molar-refractivity contribution < 1.29 is 0 Å². The second-order valence-electron chi connectivity index (χ2n) is 9.93. The van der Waals surface area contributed by atoms with Crippen LogP contribution >= 0.6 is 0 Å². The van der Waals surface area contributed by atoms with E-state index >= 15 is 0 Å². The summed E-state index contributed by atoms with van der Waals surface area (Å²) in [6.07, 6.45) is 19.6. The highest BCUT2D eigenvalue weighted by molar-refractivity contribution is 5.27. The van der Waals surface area contributed by atoms with Gasteiger partial charge in [-0.05, 0) is 97.5 Å². The molecule has 1 nitrogen and oxygen atoms in total. The van der Waals surface area contributed by atoms with Crippen molar-refractivity contribution >= 4 is 0 Å². The van der Waals surface area contributed by atoms with Crippen molar-refractivity contribution in [2.75, 3.05) is 0 Å². The minimum atomic E-state index is 0.501. The maximum Gasteiger partial charge on any atom is 0.0302 e. The summed E-state index contributed by atoms with van der Waals surface area (Å²) in [6, 6.07) is 4.47. The van der Waals surface area contributed by atoms with Gasteiger partial charge < -0.3 is 0 Å². The lowest BCUT2D eigenvalue weighted by atomic mass is 9.47. The number of pyridine rings is 1. The van der Waals surface area contributed by atoms with Crippen molar-refractivity contribution in [2.45, 2.75) is 77.6 Å². The fourth-order valence-electron chi connectivity index (χ4n) is 7.83. The molecule has 1 heteroatoms. The molecule has 4 aliphatic carbocycles. The summed E-state index contributed by atoms with van der Waals surface area (Å²) in [5.74, 6) is 3.55. The first-order valence-electron chi connectivity index (χ1n) is 10.7. The van der Waals surface area contributed by atoms with E-state index in [0.29, 0.717) is 10.8 Å². The molecule has 3 fully saturated rings. The van der Waals surface area contributed by atoms with E-state index < -0.39 is 0 Å². The zero-order chi connectivity index (χ0) is 17.1. The molecule has 4 aliphatic rings. The van der Waals surface area contributed by atoms with Crippen LogP contribution in [0.15, 0.2) is 36.2 Å². The average molecular weight is 336 g/mol. The molecule has 25 heavy (non-hydrogen) atoms. The van der Waals surface area contributed by atoms with Gasteiger partial charge in [-0.3, -0.25) is 4.98 Å². The first-order valence-corrected chi connectivity index (χ1v) is 10.7. The van der Waals surface area contributed by atoms with Crippen LogP contribution in [-0.2, 0) is 0 Å². The van der Waals surface area contributed by atoms with Gasteiger partial charge >= 0.3 is 0 Å². The predicted octanol–water partition coefficient (Wildman–Crippen LogP) is 6.52. The Bertz CT molecular complexity index is 677. The summed E-state index contributed by atoms with van der Waals surface area (Å²) in [5.41, 5.74) is 4.38. The van der Waals surface area contributed by atoms with Crippen LogP contribution in [0.25, 0.3) is 0 Å². The summed E-state index contributed by atoms with van der Waals surface area (Å²) in [5, 5.41) is 0. The van der Waals surface area contributed by atoms with Crippen LogP contribution in [-0.4, -0.2) is 4.98 Å². The number of hydrogen-bond acceptors (Lipinski definition) is 1. The van der Waals surface area contributed by atoms with Crippen molar-refractivity contribution in [2.24, 2.45) is 28.6 Å². The van der Waals surface area contributed by atoms with E-state index in [9.17, 15) is 0 Å². The Morgan fingerprint density at radius 3 is 2.80 bits per heavy atom. The quantitative estimate of drug-likeness (QED) is 0.532. The standard InChI is InChI=1S/C24H33N/c1-23-13-4-3-7-18(23)8-9-19-21-11-10-20(17-6-5-15-25-16-17)24(21,2)14-12-22(19)23/h5-6,8,15-16,19-22H,3-4,7,9-14H2,1-2H3/t19-,20+,21-,22-,23-,24+/m0/s1. The third-order valence-electron chi connectivity index (χ3n) is 9.10. The van der Waals surface area contributed by atoms with Gasteiger partial charge in [-0.15, -0.1) is 0 Å². The van der Waals surface area contributed by atoms with Gasteiger partial charge in [0.05, 0.1) is 0 Å². The summed E-state index contributed by atoms with van der Waals surface area (Å²) in [4.78, 5) is 4.43. The Labute approximate surface area is 153 Å². The summed E-state index contributed by atoms with van der Waals surface area (Å²) in [6.45, 7) is 5.26. The highest BCUT2D eigenvalue weighted by Gasteiger charge is 2.58. The largest absolute Gasteiger partial charge is 0.264 e. The van der Waals surface area contributed by atoms with Gasteiger partial charge in [0.1, 0.15) is 0 Å². The van der Waals surface area contributed by atoms with E-state index in [1.54, 1.807) is 0 Å². The van der Waals surface area contributed by atoms with Crippen LogP contribution in [0, 0.1) is 28.6 Å². The molecule has 3 saturated carbocycles. The summed E-state index contributed by atoms with van der Waals surface area (Å²) >= 11 is 0. The van der Waals surface area contributed by atoms with E-state index in [4.69, 9.17) is 0 Å². The molecule has 134 valence electrons. The molecule has 0 amide bonds. The van der Waals surface area contributed by atoms with Crippen molar-refractivity contribution in [3.05, 3.63) is 41.7 Å². The van der Waals surface area contributed by atoms with Gasteiger partial charge in [-0.25, -0.2) is 0 Å². The van der Waals surface area contributed by atoms with E-state index in [0.717, 1.165) is 23.7 Å². The topological polar surface area (TPSA) is 12.9 Å². The Morgan fingerprint density at radius 2 is 1.96 bits per heavy atom. The Balaban J connectivity index is 1.48. The monoisotopic (exact) mass is 335 g/mol. The van der Waals surface area contributed by atoms with Crippen LogP contribution in [0.2, 0.25) is 0 Å². The number of rotatable bonds is 1. The molecule has 5 rings (SSSR count). The first kappa shape index (κ1) is 16.1. The fraction of sp³-hybridized carbons (Fsp3) is 0.708. The molecule has 0 radical (unpaired) electrons. The zero-order valence-electron chi connectivity index (χ0n) is 16.0. The van der Waals surface area contributed by atoms with Crippen molar-refractivity contribution in [3.63, 3.8) is 0 Å². The molecule has 0 spiro atoms. The van der Waals surface area contributed by atoms with Gasteiger partial charge in [0, 0.05) is 12.4 Å². The Kier molecular flexibility index (Phi) is 3.67. The zero-order valence-corrected chi connectivity index (χ0v) is 16.0. The third-order valence-corrected chi connectivity index (χ3v) is 9.10. The number of fused-ring (bicyclic) bond motifs is 5. The molecule has 0 N–H and O–H groups in total. The smallest absolute Gasteiger partial charge is 0.0302 e. The molecule has 0 aromatic carbocycles. The van der Waals surface area contributed by atoms with Gasteiger partial charge in [0.25, 0.3) is 0 Å². The fourth-order valence-corrected chi connectivity index (χ4v) is 7.83. The minimum absolute atomic E-state index is 0.501. The minimum Gasteiger partial charge on any atom is -0.264 e. The number of nitrogens with zero attached hydrogens (tertiary/aromatic N) is 1. The van der Waals surface area contributed by atoms with Gasteiger partial charge in [-0.2, -0.15) is 0 Å². The number of hydrogen-bond donors (Lipinski definition) is 0. The van der Waals surface area contributed by atoms with Gasteiger partial charge in [0.2, 0.25) is 0 Å². The highest BCUT2D eigenvalue weighted by Crippen LogP contribution is 2.67. The van der Waals surface area contributed by atoms with Crippen LogP contribution in [0.3, 0.4) is 0 Å². The molecule has 6 atom stereocenters. The van der Waals surface area contributed by atoms with E-state index in [-0.39, 0.29) is 0 Å². The molecule has 1 aromatic heterocycles. The summed E-state index contributed by atoms with van der Waals surface area (Å²) < 4.78 is 0. The molecule has 0 saturated heterocycles. The molecule has 1 heterocycles. The second-order valence-corrected chi connectivity index (χ2v) is 9.93. The number of aromatic nitrogens is 1. The van der Waals surface area contributed by atoms with Crippen LogP contribution in [0.4, 0.5) is 0 Å². The van der Waals surface area contributed by atoms with Crippen molar-refractivity contribution in [1.82, 2.24) is 4.98 Å². The van der Waals surface area contributed by atoms with Crippen LogP contribution in [0.1, 0.15) is 83.1 Å². The van der Waals surface area contributed by atoms with Gasteiger partial charge in [0.15, 0.2) is 0 Å². The lowest BCUT2D eigenvalue weighted by Crippen LogP contribution is -2.49. The highest BCUT2D eigenvalue weighted by atomic mass is 14.7. The van der Waals surface area contributed by atoms with E-state index in [1.807, 2.05) is 11.8 Å². The Morgan fingerprint density at radius 1 is 1.04 bits per heavy atom. The average Bonchev–Trinajstić information content (AvgIpc) is 2.99. The number of allylic oxidation sites excluding steroid dienone is 2. The molecule has 0 bridgehead atoms. The Hall–Kier alpha value is -1.11. The molecular formula is C24H33N. The lowest BCUT2D eigenvalue weighted by Gasteiger charge is -2.57. The maximum absolute atomic E-state index is 4.43. The van der Waals surface area contributed by atoms with Crippen molar-refractivity contribution in [3.8, 4) is 0 Å². The van der Waals surface area contributed by atoms with Crippen molar-refractivity contribution in [1.29, 1.82) is 0 Å². The summed E-state index contributed by atoms with van der Waals surface area (Å²) in [7, 11) is 0. The molecule has 1 aromatic rings. The second kappa shape index (κ2) is 5.69. The SMILES string of the molecule is C[C@]12CC[C@H]3[C@@H](CC=C4CCCC[C@@]43C)[C@@H]1CC[C@@H]2c1cccnc1. The van der Waals surface area contributed by atoms with E-state index in [1.165, 1.54) is 63.4 Å². The maximum atomic E-state index is 4.43. The molecule has 0 unspecified atom stereocenters. The normalized spacial score (nSPS) is 45.9. The third kappa shape index (κ3) is 2.23. The molecular weight excluding hydrogens is 302 g/mol. The van der Waals surface area contributed by atoms with Gasteiger partial charge in [-0.1, -0.05) is 38.0 Å². The van der Waals surface area contributed by atoms with Crippen LogP contribution in [0.5, 0.6) is 0 Å².